The average Bonchev–Trinajstić information content (AvgIpc) is 2.32. The fraction of sp³-hybridized carbons (Fsp3) is 0.857. The molecule has 0 amide bonds. The van der Waals surface area contributed by atoms with E-state index in [1.54, 1.807) is 0 Å². The number of carbonyl (C=O) groups excluding carboxylic acids is 1. The number of hydrogen-bond acceptors (Lipinski definition) is 4. The predicted octanol–water partition coefficient (Wildman–Crippen LogP) is 3.08. The van der Waals surface area contributed by atoms with Crippen molar-refractivity contribution in [2.24, 2.45) is 17.3 Å². The molecule has 0 aliphatic heterocycles. The van der Waals surface area contributed by atoms with Gasteiger partial charge in [0.2, 0.25) is 0 Å². The van der Waals surface area contributed by atoms with Crippen LogP contribution in [-0.4, -0.2) is 30.4 Å². The Bertz CT molecular complexity index is 324. The van der Waals surface area contributed by atoms with E-state index in [1.165, 1.54) is 6.42 Å². The third kappa shape index (κ3) is 5.49. The van der Waals surface area contributed by atoms with Gasteiger partial charge in [-0.2, -0.15) is 0 Å². The maximum Gasteiger partial charge on any atom is 0.505 e. The third-order valence-electron chi connectivity index (χ3n) is 3.88. The van der Waals surface area contributed by atoms with Crippen LogP contribution < -0.4 is 0 Å². The summed E-state index contributed by atoms with van der Waals surface area (Å²) in [6.45, 7) is 6.25. The molecule has 0 heterocycles. The first-order valence-corrected chi connectivity index (χ1v) is 6.84. The SMILES string of the molecule is CC(C(=O)OCCOC(=O)O)C1CCCC(C)(C)C1. The molecule has 0 aromatic carbocycles. The first-order valence-electron chi connectivity index (χ1n) is 6.84. The number of rotatable bonds is 5. The number of carboxylic acid groups (broad SMARTS) is 1. The van der Waals surface area contributed by atoms with Crippen molar-refractivity contribution in [2.75, 3.05) is 13.2 Å². The largest absolute Gasteiger partial charge is 0.505 e. The second kappa shape index (κ2) is 6.78. The van der Waals surface area contributed by atoms with Gasteiger partial charge in [-0.25, -0.2) is 4.79 Å². The average molecular weight is 272 g/mol. The standard InChI is InChI=1S/C14H24O5/c1-10(11-5-4-6-14(2,3)9-11)12(15)18-7-8-19-13(16)17/h10-11H,4-9H2,1-3H3,(H,16,17). The van der Waals surface area contributed by atoms with E-state index in [1.807, 2.05) is 6.92 Å². The molecule has 1 fully saturated rings. The molecule has 1 aliphatic rings. The van der Waals surface area contributed by atoms with Crippen molar-refractivity contribution in [1.82, 2.24) is 0 Å². The van der Waals surface area contributed by atoms with Gasteiger partial charge >= 0.3 is 12.1 Å². The van der Waals surface area contributed by atoms with Gasteiger partial charge in [0.1, 0.15) is 13.2 Å². The molecule has 0 saturated heterocycles. The molecule has 1 aliphatic carbocycles. The Balaban J connectivity index is 2.33. The minimum absolute atomic E-state index is 0.00835. The van der Waals surface area contributed by atoms with Crippen LogP contribution in [0.3, 0.4) is 0 Å². The van der Waals surface area contributed by atoms with Crippen LogP contribution in [0.2, 0.25) is 0 Å². The first-order chi connectivity index (χ1) is 8.82. The highest BCUT2D eigenvalue weighted by Crippen LogP contribution is 2.41. The second-order valence-corrected chi connectivity index (χ2v) is 6.09. The summed E-state index contributed by atoms with van der Waals surface area (Å²) in [6.07, 6.45) is 3.10. The van der Waals surface area contributed by atoms with Crippen molar-refractivity contribution in [2.45, 2.75) is 46.5 Å². The predicted molar refractivity (Wildman–Crippen MR) is 69.8 cm³/mol. The highest BCUT2D eigenvalue weighted by molar-refractivity contribution is 5.72. The molecule has 5 heteroatoms. The molecule has 2 atom stereocenters. The molecule has 110 valence electrons. The van der Waals surface area contributed by atoms with Gasteiger partial charge in [-0.15, -0.1) is 0 Å². The van der Waals surface area contributed by atoms with E-state index in [9.17, 15) is 9.59 Å². The quantitative estimate of drug-likeness (QED) is 0.615. The van der Waals surface area contributed by atoms with Crippen LogP contribution in [0.25, 0.3) is 0 Å². The van der Waals surface area contributed by atoms with Gasteiger partial charge in [0.25, 0.3) is 0 Å². The molecule has 19 heavy (non-hydrogen) atoms. The third-order valence-corrected chi connectivity index (χ3v) is 3.88. The Hall–Kier alpha value is -1.26. The van der Waals surface area contributed by atoms with Gasteiger partial charge in [0.15, 0.2) is 0 Å². The van der Waals surface area contributed by atoms with E-state index in [0.717, 1.165) is 19.3 Å². The van der Waals surface area contributed by atoms with Gasteiger partial charge in [0.05, 0.1) is 5.92 Å². The zero-order valence-corrected chi connectivity index (χ0v) is 12.0. The van der Waals surface area contributed by atoms with Crippen molar-refractivity contribution in [3.05, 3.63) is 0 Å². The maximum absolute atomic E-state index is 11.9. The fourth-order valence-corrected chi connectivity index (χ4v) is 2.78. The van der Waals surface area contributed by atoms with Gasteiger partial charge in [-0.05, 0) is 30.6 Å². The molecule has 0 radical (unpaired) electrons. The summed E-state index contributed by atoms with van der Waals surface area (Å²) in [4.78, 5) is 22.0. The summed E-state index contributed by atoms with van der Waals surface area (Å²) in [7, 11) is 0. The molecule has 0 aromatic rings. The van der Waals surface area contributed by atoms with Crippen LogP contribution in [0.15, 0.2) is 0 Å². The molecule has 1 rings (SSSR count). The Kier molecular flexibility index (Phi) is 5.63. The van der Waals surface area contributed by atoms with E-state index >= 15 is 0 Å². The summed E-state index contributed by atoms with van der Waals surface area (Å²) in [5.74, 6) is -0.0299. The summed E-state index contributed by atoms with van der Waals surface area (Å²) in [5, 5.41) is 8.29. The van der Waals surface area contributed by atoms with Crippen LogP contribution >= 0.6 is 0 Å². The topological polar surface area (TPSA) is 72.8 Å². The minimum Gasteiger partial charge on any atom is -0.462 e. The lowest BCUT2D eigenvalue weighted by Gasteiger charge is -2.37. The van der Waals surface area contributed by atoms with Crippen molar-refractivity contribution in [1.29, 1.82) is 0 Å². The lowest BCUT2D eigenvalue weighted by atomic mass is 9.68. The molecule has 1 saturated carbocycles. The van der Waals surface area contributed by atoms with Gasteiger partial charge in [-0.3, -0.25) is 4.79 Å². The zero-order valence-electron chi connectivity index (χ0n) is 12.0. The van der Waals surface area contributed by atoms with E-state index in [0.29, 0.717) is 11.3 Å². The smallest absolute Gasteiger partial charge is 0.462 e. The molecule has 0 spiro atoms. The summed E-state index contributed by atoms with van der Waals surface area (Å²) < 4.78 is 9.34. The Morgan fingerprint density at radius 3 is 2.53 bits per heavy atom. The Labute approximate surface area is 114 Å². The summed E-state index contributed by atoms with van der Waals surface area (Å²) in [5.41, 5.74) is 0.296. The van der Waals surface area contributed by atoms with E-state index in [-0.39, 0.29) is 25.1 Å². The van der Waals surface area contributed by atoms with Crippen LogP contribution in [-0.2, 0) is 14.3 Å². The van der Waals surface area contributed by atoms with Crippen molar-refractivity contribution < 1.29 is 24.2 Å². The fourth-order valence-electron chi connectivity index (χ4n) is 2.78. The Morgan fingerprint density at radius 1 is 1.32 bits per heavy atom. The van der Waals surface area contributed by atoms with Gasteiger partial charge in [0, 0.05) is 0 Å². The summed E-state index contributed by atoms with van der Waals surface area (Å²) >= 11 is 0. The lowest BCUT2D eigenvalue weighted by molar-refractivity contribution is -0.152. The second-order valence-electron chi connectivity index (χ2n) is 6.09. The maximum atomic E-state index is 11.9. The monoisotopic (exact) mass is 272 g/mol. The first kappa shape index (κ1) is 15.8. The van der Waals surface area contributed by atoms with Crippen molar-refractivity contribution in [3.63, 3.8) is 0 Å². The molecular formula is C14H24O5. The van der Waals surface area contributed by atoms with Crippen LogP contribution in [0.5, 0.6) is 0 Å². The molecule has 0 bridgehead atoms. The number of hydrogen-bond donors (Lipinski definition) is 1. The zero-order chi connectivity index (χ0) is 14.5. The van der Waals surface area contributed by atoms with Gasteiger partial charge in [-0.1, -0.05) is 27.2 Å². The molecule has 5 nitrogen and oxygen atoms in total. The Morgan fingerprint density at radius 2 is 1.95 bits per heavy atom. The van der Waals surface area contributed by atoms with Crippen LogP contribution in [0.1, 0.15) is 46.5 Å². The van der Waals surface area contributed by atoms with Gasteiger partial charge < -0.3 is 14.6 Å². The molecule has 1 N–H and O–H groups in total. The lowest BCUT2D eigenvalue weighted by Crippen LogP contribution is -2.31. The van der Waals surface area contributed by atoms with Crippen LogP contribution in [0.4, 0.5) is 4.79 Å². The number of ether oxygens (including phenoxy) is 2. The van der Waals surface area contributed by atoms with Crippen molar-refractivity contribution in [3.8, 4) is 0 Å². The number of esters is 1. The number of carbonyl (C=O) groups is 2. The highest BCUT2D eigenvalue weighted by atomic mass is 16.7. The van der Waals surface area contributed by atoms with E-state index < -0.39 is 6.16 Å². The normalized spacial score (nSPS) is 23.4. The highest BCUT2D eigenvalue weighted by Gasteiger charge is 2.34. The van der Waals surface area contributed by atoms with Crippen molar-refractivity contribution >= 4 is 12.1 Å². The molecule has 2 unspecified atom stereocenters. The molecular weight excluding hydrogens is 248 g/mol. The molecule has 0 aromatic heterocycles. The van der Waals surface area contributed by atoms with E-state index in [4.69, 9.17) is 9.84 Å². The van der Waals surface area contributed by atoms with Crippen LogP contribution in [0, 0.1) is 17.3 Å². The minimum atomic E-state index is -1.35. The van der Waals surface area contributed by atoms with E-state index in [2.05, 4.69) is 18.6 Å². The summed E-state index contributed by atoms with van der Waals surface area (Å²) in [6, 6.07) is 0.